The molecule has 0 aliphatic heterocycles. The molecule has 0 heterocycles. The van der Waals surface area contributed by atoms with Crippen molar-refractivity contribution >= 4 is 34.8 Å². The lowest BCUT2D eigenvalue weighted by Gasteiger charge is -2.14. The van der Waals surface area contributed by atoms with Gasteiger partial charge in [0.05, 0.1) is 23.4 Å². The molecule has 88 valence electrons. The minimum Gasteiger partial charge on any atom is -0.496 e. The summed E-state index contributed by atoms with van der Waals surface area (Å²) in [6.45, 7) is 0. The second-order valence-corrected chi connectivity index (χ2v) is 3.92. The third kappa shape index (κ3) is 2.33. The van der Waals surface area contributed by atoms with Crippen LogP contribution in [-0.2, 0) is 6.42 Å². The second-order valence-electron chi connectivity index (χ2n) is 3.13. The topological polar surface area (TPSA) is 78.3 Å². The van der Waals surface area contributed by atoms with Gasteiger partial charge in [-0.1, -0.05) is 11.6 Å². The maximum atomic E-state index is 11.2. The van der Waals surface area contributed by atoms with Gasteiger partial charge in [0.2, 0.25) is 0 Å². The van der Waals surface area contributed by atoms with Crippen molar-refractivity contribution in [3.8, 4) is 5.75 Å². The summed E-state index contributed by atoms with van der Waals surface area (Å²) in [5, 5.41) is 0.273. The normalized spacial score (nSPS) is 10.2. The van der Waals surface area contributed by atoms with E-state index in [2.05, 4.69) is 0 Å². The average Bonchev–Trinajstić information content (AvgIpc) is 2.24. The van der Waals surface area contributed by atoms with Crippen molar-refractivity contribution in [3.05, 3.63) is 22.2 Å². The van der Waals surface area contributed by atoms with Crippen molar-refractivity contribution in [2.24, 2.45) is 5.73 Å². The fourth-order valence-electron chi connectivity index (χ4n) is 1.46. The monoisotopic (exact) mass is 262 g/mol. The molecule has 16 heavy (non-hydrogen) atoms. The van der Waals surface area contributed by atoms with Crippen LogP contribution in [0.25, 0.3) is 0 Å². The van der Waals surface area contributed by atoms with Gasteiger partial charge in [0, 0.05) is 11.4 Å². The first-order valence-corrected chi connectivity index (χ1v) is 5.44. The number of amides is 1. The van der Waals surface area contributed by atoms with Crippen LogP contribution in [0.5, 0.6) is 5.75 Å². The van der Waals surface area contributed by atoms with Crippen molar-refractivity contribution < 1.29 is 9.53 Å². The summed E-state index contributed by atoms with van der Waals surface area (Å²) in [7, 11) is 1.44. The number of rotatable bonds is 4. The molecule has 0 bridgehead atoms. The first kappa shape index (κ1) is 12.9. The Bertz CT molecular complexity index is 422. The molecule has 1 amide bonds. The molecule has 1 aromatic carbocycles. The van der Waals surface area contributed by atoms with E-state index in [0.29, 0.717) is 29.3 Å². The number of hydrogen-bond donors (Lipinski definition) is 2. The number of anilines is 1. The first-order chi connectivity index (χ1) is 7.52. The van der Waals surface area contributed by atoms with E-state index in [1.54, 1.807) is 0 Å². The molecule has 0 aliphatic rings. The van der Waals surface area contributed by atoms with Crippen LogP contribution in [-0.4, -0.2) is 18.9 Å². The summed E-state index contributed by atoms with van der Waals surface area (Å²) in [4.78, 5) is 11.2. The molecule has 0 saturated heterocycles. The van der Waals surface area contributed by atoms with Gasteiger partial charge in [0.15, 0.2) is 0 Å². The largest absolute Gasteiger partial charge is 0.496 e. The van der Waals surface area contributed by atoms with Crippen molar-refractivity contribution in [2.75, 3.05) is 18.7 Å². The molecule has 4 N–H and O–H groups in total. The lowest BCUT2D eigenvalue weighted by Crippen LogP contribution is -2.15. The van der Waals surface area contributed by atoms with E-state index in [1.807, 2.05) is 0 Å². The van der Waals surface area contributed by atoms with E-state index in [9.17, 15) is 4.79 Å². The number of halogens is 2. The minimum atomic E-state index is -0.616. The van der Waals surface area contributed by atoms with Crippen molar-refractivity contribution in [1.29, 1.82) is 0 Å². The molecule has 0 aliphatic carbocycles. The van der Waals surface area contributed by atoms with Crippen molar-refractivity contribution in [2.45, 2.75) is 6.42 Å². The Balaban J connectivity index is 3.48. The van der Waals surface area contributed by atoms with Crippen molar-refractivity contribution in [3.63, 3.8) is 0 Å². The third-order valence-corrected chi connectivity index (χ3v) is 2.69. The van der Waals surface area contributed by atoms with Gasteiger partial charge < -0.3 is 16.2 Å². The second kappa shape index (κ2) is 5.27. The summed E-state index contributed by atoms with van der Waals surface area (Å²) >= 11 is 11.5. The molecule has 0 aromatic heterocycles. The van der Waals surface area contributed by atoms with Gasteiger partial charge in [0.1, 0.15) is 5.75 Å². The Morgan fingerprint density at radius 1 is 1.56 bits per heavy atom. The van der Waals surface area contributed by atoms with Gasteiger partial charge >= 0.3 is 0 Å². The van der Waals surface area contributed by atoms with E-state index < -0.39 is 5.91 Å². The Hall–Kier alpha value is -1.13. The number of methoxy groups -OCH3 is 1. The highest BCUT2D eigenvalue weighted by atomic mass is 35.5. The van der Waals surface area contributed by atoms with Gasteiger partial charge in [-0.2, -0.15) is 0 Å². The fourth-order valence-corrected chi connectivity index (χ4v) is 1.87. The number of carbonyl (C=O) groups excluding carboxylic acids is 1. The lowest BCUT2D eigenvalue weighted by molar-refractivity contribution is 0.0997. The number of nitrogen functional groups attached to an aromatic ring is 1. The molecule has 1 rings (SSSR count). The molecular weight excluding hydrogens is 251 g/mol. The molecule has 6 heteroatoms. The predicted octanol–water partition coefficient (Wildman–Crippen LogP) is 1.81. The highest BCUT2D eigenvalue weighted by Crippen LogP contribution is 2.35. The molecular formula is C10H12Cl2N2O2. The van der Waals surface area contributed by atoms with E-state index in [0.717, 1.165) is 0 Å². The first-order valence-electron chi connectivity index (χ1n) is 4.53. The Labute approximate surface area is 103 Å². The number of carbonyl (C=O) groups is 1. The summed E-state index contributed by atoms with van der Waals surface area (Å²) in [5.74, 6) is 0.0728. The average molecular weight is 263 g/mol. The molecule has 0 unspecified atom stereocenters. The zero-order valence-corrected chi connectivity index (χ0v) is 10.2. The number of primary amides is 1. The Morgan fingerprint density at radius 3 is 2.62 bits per heavy atom. The molecule has 0 radical (unpaired) electrons. The number of ether oxygens (including phenoxy) is 1. The van der Waals surface area contributed by atoms with Gasteiger partial charge in [-0.05, 0) is 12.5 Å². The highest BCUT2D eigenvalue weighted by molar-refractivity contribution is 6.33. The highest BCUT2D eigenvalue weighted by Gasteiger charge is 2.18. The standard InChI is InChI=1S/C10H12Cl2N2O2/c1-16-9-5(2-3-11)8(13)7(12)4-6(9)10(14)15/h4H,2-3,13H2,1H3,(H2,14,15). The summed E-state index contributed by atoms with van der Waals surface area (Å²) in [6.07, 6.45) is 0.456. The lowest BCUT2D eigenvalue weighted by atomic mass is 10.0. The quantitative estimate of drug-likeness (QED) is 0.642. The maximum absolute atomic E-state index is 11.2. The zero-order valence-electron chi connectivity index (χ0n) is 8.72. The van der Waals surface area contributed by atoms with Crippen molar-refractivity contribution in [1.82, 2.24) is 0 Å². The van der Waals surface area contributed by atoms with E-state index >= 15 is 0 Å². The zero-order chi connectivity index (χ0) is 12.3. The van der Waals surface area contributed by atoms with Crippen LogP contribution >= 0.6 is 23.2 Å². The smallest absolute Gasteiger partial charge is 0.252 e. The summed E-state index contributed by atoms with van der Waals surface area (Å²) < 4.78 is 5.13. The fraction of sp³-hybridized carbons (Fsp3) is 0.300. The van der Waals surface area contributed by atoms with E-state index in [-0.39, 0.29) is 10.6 Å². The van der Waals surface area contributed by atoms with Gasteiger partial charge in [0.25, 0.3) is 5.91 Å². The molecule has 0 spiro atoms. The number of benzene rings is 1. The van der Waals surface area contributed by atoms with Crippen LogP contribution in [0, 0.1) is 0 Å². The van der Waals surface area contributed by atoms with Crippen LogP contribution < -0.4 is 16.2 Å². The van der Waals surface area contributed by atoms with Crippen LogP contribution in [0.15, 0.2) is 6.07 Å². The molecule has 0 atom stereocenters. The van der Waals surface area contributed by atoms with Gasteiger partial charge in [-0.3, -0.25) is 4.79 Å². The third-order valence-electron chi connectivity index (χ3n) is 2.19. The molecule has 0 fully saturated rings. The molecule has 4 nitrogen and oxygen atoms in total. The number of alkyl halides is 1. The van der Waals surface area contributed by atoms with Gasteiger partial charge in [-0.25, -0.2) is 0 Å². The minimum absolute atomic E-state index is 0.210. The Morgan fingerprint density at radius 2 is 2.19 bits per heavy atom. The predicted molar refractivity (Wildman–Crippen MR) is 65.4 cm³/mol. The molecule has 1 aromatic rings. The summed E-state index contributed by atoms with van der Waals surface area (Å²) in [6, 6.07) is 1.40. The SMILES string of the molecule is COc1c(C(N)=O)cc(Cl)c(N)c1CCCl. The van der Waals surface area contributed by atoms with Crippen LogP contribution in [0.2, 0.25) is 5.02 Å². The Kier molecular flexibility index (Phi) is 4.26. The van der Waals surface area contributed by atoms with Crippen LogP contribution in [0.4, 0.5) is 5.69 Å². The summed E-state index contributed by atoms with van der Waals surface area (Å²) in [5.41, 5.74) is 12.2. The number of hydrogen-bond acceptors (Lipinski definition) is 3. The van der Waals surface area contributed by atoms with Crippen LogP contribution in [0.1, 0.15) is 15.9 Å². The van der Waals surface area contributed by atoms with E-state index in [4.69, 9.17) is 39.4 Å². The number of nitrogens with two attached hydrogens (primary N) is 2. The van der Waals surface area contributed by atoms with Gasteiger partial charge in [-0.15, -0.1) is 11.6 Å². The molecule has 0 saturated carbocycles. The maximum Gasteiger partial charge on any atom is 0.252 e. The van der Waals surface area contributed by atoms with Crippen LogP contribution in [0.3, 0.4) is 0 Å². The van der Waals surface area contributed by atoms with E-state index in [1.165, 1.54) is 13.2 Å².